The Morgan fingerprint density at radius 3 is 2.73 bits per heavy atom. The summed E-state index contributed by atoms with van der Waals surface area (Å²) in [6.07, 6.45) is 5.66. The lowest BCUT2D eigenvalue weighted by Gasteiger charge is -2.21. The molecule has 0 radical (unpaired) electrons. The van der Waals surface area contributed by atoms with Gasteiger partial charge >= 0.3 is 0 Å². The number of ether oxygens (including phenoxy) is 2. The van der Waals surface area contributed by atoms with Crippen molar-refractivity contribution in [2.45, 2.75) is 39.2 Å². The molecule has 0 spiro atoms. The van der Waals surface area contributed by atoms with Crippen LogP contribution in [0.4, 0.5) is 5.69 Å². The van der Waals surface area contributed by atoms with Crippen molar-refractivity contribution in [3.63, 3.8) is 0 Å². The number of nitrogens with one attached hydrogen (secondary N) is 1. The van der Waals surface area contributed by atoms with Crippen molar-refractivity contribution >= 4 is 11.6 Å². The Morgan fingerprint density at radius 2 is 2.04 bits per heavy atom. The summed E-state index contributed by atoms with van der Waals surface area (Å²) in [6, 6.07) is 7.85. The summed E-state index contributed by atoms with van der Waals surface area (Å²) in [7, 11) is 0. The highest BCUT2D eigenvalue weighted by molar-refractivity contribution is 5.91. The SMILES string of the molecule is CC(C)c1ccc(OCC(=O)Nc2cnn(CC3CCOCC3)c2)cc1. The number of aromatic nitrogens is 2. The summed E-state index contributed by atoms with van der Waals surface area (Å²) in [6.45, 7) is 6.77. The Labute approximate surface area is 154 Å². The molecule has 1 aromatic carbocycles. The first-order valence-corrected chi connectivity index (χ1v) is 9.23. The topological polar surface area (TPSA) is 65.4 Å². The van der Waals surface area contributed by atoms with Crippen molar-refractivity contribution in [3.05, 3.63) is 42.2 Å². The first-order chi connectivity index (χ1) is 12.6. The molecule has 1 saturated heterocycles. The van der Waals surface area contributed by atoms with Crippen molar-refractivity contribution in [1.82, 2.24) is 9.78 Å². The fourth-order valence-corrected chi connectivity index (χ4v) is 3.02. The summed E-state index contributed by atoms with van der Waals surface area (Å²) in [5, 5.41) is 7.16. The maximum absolute atomic E-state index is 12.1. The molecule has 1 aliphatic rings. The van der Waals surface area contributed by atoms with Gasteiger partial charge in [-0.3, -0.25) is 9.48 Å². The lowest BCUT2D eigenvalue weighted by atomic mass is 10.0. The fraction of sp³-hybridized carbons (Fsp3) is 0.500. The number of carbonyl (C=O) groups excluding carboxylic acids is 1. The Kier molecular flexibility index (Phi) is 6.28. The molecular formula is C20H27N3O3. The van der Waals surface area contributed by atoms with Gasteiger partial charge in [0.2, 0.25) is 0 Å². The zero-order valence-corrected chi connectivity index (χ0v) is 15.5. The number of carbonyl (C=O) groups is 1. The van der Waals surface area contributed by atoms with Gasteiger partial charge in [0.05, 0.1) is 11.9 Å². The van der Waals surface area contributed by atoms with Crippen LogP contribution in [0.25, 0.3) is 0 Å². The van der Waals surface area contributed by atoms with E-state index in [2.05, 4.69) is 24.3 Å². The van der Waals surface area contributed by atoms with Crippen LogP contribution < -0.4 is 10.1 Å². The highest BCUT2D eigenvalue weighted by atomic mass is 16.5. The van der Waals surface area contributed by atoms with E-state index in [1.165, 1.54) is 5.56 Å². The van der Waals surface area contributed by atoms with Crippen molar-refractivity contribution in [1.29, 1.82) is 0 Å². The minimum Gasteiger partial charge on any atom is -0.484 e. The number of benzene rings is 1. The van der Waals surface area contributed by atoms with Crippen LogP contribution >= 0.6 is 0 Å². The van der Waals surface area contributed by atoms with E-state index in [4.69, 9.17) is 9.47 Å². The average molecular weight is 357 g/mol. The van der Waals surface area contributed by atoms with Crippen LogP contribution in [0.2, 0.25) is 0 Å². The minimum atomic E-state index is -0.191. The average Bonchev–Trinajstić information content (AvgIpc) is 3.08. The summed E-state index contributed by atoms with van der Waals surface area (Å²) < 4.78 is 12.8. The fourth-order valence-electron chi connectivity index (χ4n) is 3.02. The van der Waals surface area contributed by atoms with Gasteiger partial charge in [0.25, 0.3) is 5.91 Å². The summed E-state index contributed by atoms with van der Waals surface area (Å²) >= 11 is 0. The zero-order chi connectivity index (χ0) is 18.4. The smallest absolute Gasteiger partial charge is 0.262 e. The van der Waals surface area contributed by atoms with Crippen LogP contribution in [-0.2, 0) is 16.1 Å². The molecule has 1 aliphatic heterocycles. The molecule has 0 atom stereocenters. The Morgan fingerprint density at radius 1 is 1.31 bits per heavy atom. The summed E-state index contributed by atoms with van der Waals surface area (Å²) in [5.74, 6) is 1.57. The molecule has 0 saturated carbocycles. The molecule has 0 unspecified atom stereocenters. The van der Waals surface area contributed by atoms with E-state index in [0.29, 0.717) is 23.3 Å². The molecule has 1 amide bonds. The van der Waals surface area contributed by atoms with Gasteiger partial charge in [-0.2, -0.15) is 5.10 Å². The van der Waals surface area contributed by atoms with E-state index >= 15 is 0 Å². The Bertz CT molecular complexity index is 703. The normalized spacial score (nSPS) is 15.2. The Hall–Kier alpha value is -2.34. The molecule has 140 valence electrons. The molecule has 26 heavy (non-hydrogen) atoms. The van der Waals surface area contributed by atoms with Gasteiger partial charge in [0.15, 0.2) is 6.61 Å². The van der Waals surface area contributed by atoms with Gasteiger partial charge in [0.1, 0.15) is 5.75 Å². The molecule has 1 aromatic heterocycles. The second-order valence-corrected chi connectivity index (χ2v) is 7.07. The van der Waals surface area contributed by atoms with Crippen molar-refractivity contribution < 1.29 is 14.3 Å². The monoisotopic (exact) mass is 357 g/mol. The highest BCUT2D eigenvalue weighted by Gasteiger charge is 2.15. The van der Waals surface area contributed by atoms with Crippen molar-refractivity contribution in [2.75, 3.05) is 25.1 Å². The van der Waals surface area contributed by atoms with E-state index < -0.39 is 0 Å². The third-order valence-electron chi connectivity index (χ3n) is 4.62. The molecular weight excluding hydrogens is 330 g/mol. The number of hydrogen-bond donors (Lipinski definition) is 1. The molecule has 2 heterocycles. The number of nitrogens with zero attached hydrogens (tertiary/aromatic N) is 2. The van der Waals surface area contributed by atoms with E-state index in [1.54, 1.807) is 6.20 Å². The molecule has 1 N–H and O–H groups in total. The maximum atomic E-state index is 12.1. The predicted molar refractivity (Wildman–Crippen MR) is 100 cm³/mol. The second kappa shape index (κ2) is 8.85. The quantitative estimate of drug-likeness (QED) is 0.824. The maximum Gasteiger partial charge on any atom is 0.262 e. The van der Waals surface area contributed by atoms with Crippen LogP contribution in [0.5, 0.6) is 5.75 Å². The van der Waals surface area contributed by atoms with Crippen molar-refractivity contribution in [3.8, 4) is 5.75 Å². The molecule has 3 rings (SSSR count). The highest BCUT2D eigenvalue weighted by Crippen LogP contribution is 2.19. The molecule has 0 aliphatic carbocycles. The van der Waals surface area contributed by atoms with E-state index in [9.17, 15) is 4.79 Å². The Balaban J connectivity index is 1.44. The number of amides is 1. The molecule has 6 nitrogen and oxygen atoms in total. The molecule has 2 aromatic rings. The van der Waals surface area contributed by atoms with E-state index in [-0.39, 0.29) is 12.5 Å². The largest absolute Gasteiger partial charge is 0.484 e. The standard InChI is InChI=1S/C20H27N3O3/c1-15(2)17-3-5-19(6-4-17)26-14-20(24)22-18-11-21-23(13-18)12-16-7-9-25-10-8-16/h3-6,11,13,15-16H,7-10,12,14H2,1-2H3,(H,22,24). The van der Waals surface area contributed by atoms with Crippen LogP contribution in [0, 0.1) is 5.92 Å². The van der Waals surface area contributed by atoms with E-state index in [0.717, 1.165) is 32.6 Å². The third-order valence-corrected chi connectivity index (χ3v) is 4.62. The summed E-state index contributed by atoms with van der Waals surface area (Å²) in [5.41, 5.74) is 1.94. The number of anilines is 1. The molecule has 1 fully saturated rings. The molecule has 6 heteroatoms. The predicted octanol–water partition coefficient (Wildman–Crippen LogP) is 3.45. The second-order valence-electron chi connectivity index (χ2n) is 7.07. The third kappa shape index (κ3) is 5.33. The number of hydrogen-bond acceptors (Lipinski definition) is 4. The molecule has 0 bridgehead atoms. The van der Waals surface area contributed by atoms with Gasteiger partial charge in [-0.05, 0) is 42.4 Å². The van der Waals surface area contributed by atoms with Crippen LogP contribution in [0.3, 0.4) is 0 Å². The van der Waals surface area contributed by atoms with E-state index in [1.807, 2.05) is 35.1 Å². The van der Waals surface area contributed by atoms with Crippen molar-refractivity contribution in [2.24, 2.45) is 5.92 Å². The van der Waals surface area contributed by atoms with Gasteiger partial charge in [-0.1, -0.05) is 26.0 Å². The first kappa shape index (κ1) is 18.5. The lowest BCUT2D eigenvalue weighted by molar-refractivity contribution is -0.118. The number of rotatable bonds is 7. The van der Waals surface area contributed by atoms with Gasteiger partial charge in [-0.25, -0.2) is 0 Å². The van der Waals surface area contributed by atoms with Gasteiger partial charge in [0, 0.05) is 26.0 Å². The zero-order valence-electron chi connectivity index (χ0n) is 15.5. The van der Waals surface area contributed by atoms with Crippen LogP contribution in [0.15, 0.2) is 36.7 Å². The first-order valence-electron chi connectivity index (χ1n) is 9.23. The van der Waals surface area contributed by atoms with Crippen LogP contribution in [-0.4, -0.2) is 35.5 Å². The van der Waals surface area contributed by atoms with Crippen LogP contribution in [0.1, 0.15) is 38.2 Å². The minimum absolute atomic E-state index is 0.0217. The van der Waals surface area contributed by atoms with Gasteiger partial charge in [-0.15, -0.1) is 0 Å². The lowest BCUT2D eigenvalue weighted by Crippen LogP contribution is -2.21. The summed E-state index contributed by atoms with van der Waals surface area (Å²) in [4.78, 5) is 12.1. The van der Waals surface area contributed by atoms with Gasteiger partial charge < -0.3 is 14.8 Å².